The second kappa shape index (κ2) is 77.3. The number of esters is 2. The average molecular weight is 1340 g/mol. The van der Waals surface area contributed by atoms with Crippen LogP contribution >= 0.6 is 0 Å². The number of quaternary nitrogens is 1. The van der Waals surface area contributed by atoms with Crippen LogP contribution in [-0.2, 0) is 33.3 Å². The SMILES string of the molecule is CCCCCCC/C=C\C/C=C\CCCCCCCCCCCCCCCCCCCCCCCCCCCCCC(=O)OC(COC(=O)CCCCCCCCCCCCCCCCCCCCC/C=C\CCCCCCCCCC)COC(OCC[N+](C)(C)C)C(=O)[O-]. The van der Waals surface area contributed by atoms with Crippen molar-refractivity contribution in [1.82, 2.24) is 0 Å². The van der Waals surface area contributed by atoms with E-state index in [0.29, 0.717) is 17.4 Å². The Morgan fingerprint density at radius 2 is 0.568 bits per heavy atom. The molecule has 0 aliphatic heterocycles. The van der Waals surface area contributed by atoms with Crippen molar-refractivity contribution < 1.29 is 42.9 Å². The number of hydrogen-bond donors (Lipinski definition) is 0. The Morgan fingerprint density at radius 1 is 0.316 bits per heavy atom. The van der Waals surface area contributed by atoms with Crippen LogP contribution in [0.3, 0.4) is 0 Å². The Morgan fingerprint density at radius 3 is 0.842 bits per heavy atom. The summed E-state index contributed by atoms with van der Waals surface area (Å²) in [6, 6.07) is 0. The van der Waals surface area contributed by atoms with Crippen molar-refractivity contribution in [2.24, 2.45) is 0 Å². The van der Waals surface area contributed by atoms with Gasteiger partial charge in [-0.25, -0.2) is 0 Å². The summed E-state index contributed by atoms with van der Waals surface area (Å²) in [5.74, 6) is -2.25. The van der Waals surface area contributed by atoms with E-state index in [1.54, 1.807) is 0 Å². The Balaban J connectivity index is 3.93. The average Bonchev–Trinajstić information content (AvgIpc) is 2.92. The highest BCUT2D eigenvalue weighted by atomic mass is 16.7. The second-order valence-electron chi connectivity index (χ2n) is 30.1. The van der Waals surface area contributed by atoms with E-state index in [-0.39, 0.29) is 32.2 Å². The third kappa shape index (κ3) is 78.7. The van der Waals surface area contributed by atoms with Crippen LogP contribution in [0.4, 0.5) is 0 Å². The van der Waals surface area contributed by atoms with Crippen LogP contribution in [0, 0.1) is 0 Å². The molecule has 95 heavy (non-hydrogen) atoms. The van der Waals surface area contributed by atoms with Crippen molar-refractivity contribution >= 4 is 17.9 Å². The van der Waals surface area contributed by atoms with Crippen LogP contribution < -0.4 is 5.11 Å². The number of hydrogen-bond acceptors (Lipinski definition) is 8. The van der Waals surface area contributed by atoms with Gasteiger partial charge in [0.1, 0.15) is 13.2 Å². The number of carboxylic acids is 1. The number of unbranched alkanes of at least 4 members (excludes halogenated alkanes) is 59. The number of ether oxygens (including phenoxy) is 4. The zero-order valence-electron chi connectivity index (χ0n) is 64.3. The van der Waals surface area contributed by atoms with Gasteiger partial charge in [0, 0.05) is 12.8 Å². The highest BCUT2D eigenvalue weighted by molar-refractivity contribution is 5.70. The lowest BCUT2D eigenvalue weighted by Crippen LogP contribution is -2.44. The maximum Gasteiger partial charge on any atom is 0.306 e. The molecule has 0 N–H and O–H groups in total. The highest BCUT2D eigenvalue weighted by Gasteiger charge is 2.22. The van der Waals surface area contributed by atoms with E-state index in [1.807, 2.05) is 21.1 Å². The van der Waals surface area contributed by atoms with Crippen LogP contribution in [-0.4, -0.2) is 82.3 Å². The summed E-state index contributed by atoms with van der Waals surface area (Å²) in [5, 5.41) is 11.9. The van der Waals surface area contributed by atoms with Gasteiger partial charge in [-0.15, -0.1) is 0 Å². The maximum absolute atomic E-state index is 13.0. The number of carbonyl (C=O) groups excluding carboxylic acids is 3. The first-order valence-electron chi connectivity index (χ1n) is 42.1. The second-order valence-corrected chi connectivity index (χ2v) is 30.1. The molecule has 0 radical (unpaired) electrons. The van der Waals surface area contributed by atoms with Crippen LogP contribution in [0.1, 0.15) is 438 Å². The van der Waals surface area contributed by atoms with E-state index < -0.39 is 24.3 Å². The number of carbonyl (C=O) groups is 3. The minimum atomic E-state index is -1.62. The monoisotopic (exact) mass is 1340 g/mol. The third-order valence-corrected chi connectivity index (χ3v) is 19.4. The fourth-order valence-electron chi connectivity index (χ4n) is 12.9. The van der Waals surface area contributed by atoms with Gasteiger partial charge in [-0.2, -0.15) is 0 Å². The van der Waals surface area contributed by atoms with Crippen molar-refractivity contribution in [3.63, 3.8) is 0 Å². The molecule has 0 rings (SSSR count). The van der Waals surface area contributed by atoms with Gasteiger partial charge in [0.15, 0.2) is 12.4 Å². The molecule has 0 bridgehead atoms. The highest BCUT2D eigenvalue weighted by Crippen LogP contribution is 2.20. The van der Waals surface area contributed by atoms with Crippen molar-refractivity contribution in [2.75, 3.05) is 47.5 Å². The van der Waals surface area contributed by atoms with E-state index in [0.717, 1.165) is 44.9 Å². The molecule has 0 aliphatic carbocycles. The summed E-state index contributed by atoms with van der Waals surface area (Å²) in [5.41, 5.74) is 0. The molecular formula is C86H163NO8. The van der Waals surface area contributed by atoms with E-state index in [2.05, 4.69) is 50.3 Å². The minimum absolute atomic E-state index is 0.152. The van der Waals surface area contributed by atoms with Gasteiger partial charge < -0.3 is 33.3 Å². The molecule has 0 aliphatic rings. The molecule has 0 aromatic rings. The maximum atomic E-state index is 13.0. The number of aliphatic carboxylic acids is 1. The number of carboxylic acid groups (broad SMARTS) is 1. The summed E-state index contributed by atoms with van der Waals surface area (Å²) < 4.78 is 22.9. The molecule has 0 amide bonds. The zero-order valence-corrected chi connectivity index (χ0v) is 64.3. The van der Waals surface area contributed by atoms with Gasteiger partial charge in [-0.05, 0) is 70.6 Å². The first-order valence-corrected chi connectivity index (χ1v) is 42.1. The van der Waals surface area contributed by atoms with Gasteiger partial charge >= 0.3 is 11.9 Å². The van der Waals surface area contributed by atoms with Crippen molar-refractivity contribution in [2.45, 2.75) is 450 Å². The molecule has 0 aromatic heterocycles. The van der Waals surface area contributed by atoms with Gasteiger partial charge in [-0.1, -0.05) is 391 Å². The number of allylic oxidation sites excluding steroid dienone is 6. The lowest BCUT2D eigenvalue weighted by molar-refractivity contribution is -0.870. The molecule has 0 spiro atoms. The standard InChI is InChI=1S/C86H163NO8/c1-6-8-10-12-14-16-18-20-22-24-26-28-30-32-34-36-38-39-40-41-42-43-44-45-47-49-51-53-55-57-59-61-63-65-67-69-71-73-75-77-84(89)95-82(81-94-86(85(90)91)92-79-78-87(3,4)5)80-93-83(88)76-74-72-70-68-66-64-62-60-58-56-54-52-50-48-46-37-35-33-31-29-27-25-23-21-19-17-15-13-11-9-7-2/h18,20,24-27,82,86H,6-17,19,21-23,28-81H2,1-5H3/b20-18-,26-24-,27-25-. The van der Waals surface area contributed by atoms with Gasteiger partial charge in [0.2, 0.25) is 0 Å². The quantitative estimate of drug-likeness (QED) is 0.0195. The Hall–Kier alpha value is -2.49. The molecule has 9 nitrogen and oxygen atoms in total. The molecule has 0 saturated heterocycles. The summed E-state index contributed by atoms with van der Waals surface area (Å²) in [7, 11) is 5.96. The summed E-state index contributed by atoms with van der Waals surface area (Å²) in [6.07, 6.45) is 97.2. The van der Waals surface area contributed by atoms with Crippen LogP contribution in [0.2, 0.25) is 0 Å². The normalized spacial score (nSPS) is 12.7. The number of rotatable bonds is 80. The van der Waals surface area contributed by atoms with E-state index in [9.17, 15) is 19.5 Å². The van der Waals surface area contributed by atoms with Crippen molar-refractivity contribution in [3.05, 3.63) is 36.5 Å². The van der Waals surface area contributed by atoms with E-state index in [1.165, 1.54) is 366 Å². The smallest absolute Gasteiger partial charge is 0.306 e. The Kier molecular flexibility index (Phi) is 75.2. The van der Waals surface area contributed by atoms with Gasteiger partial charge in [0.25, 0.3) is 0 Å². The third-order valence-electron chi connectivity index (χ3n) is 19.4. The van der Waals surface area contributed by atoms with E-state index in [4.69, 9.17) is 18.9 Å². The number of likely N-dealkylation sites (N-methyl/N-ethyl adjacent to an activating group) is 1. The first-order chi connectivity index (χ1) is 46.6. The molecule has 0 heterocycles. The molecule has 2 unspecified atom stereocenters. The van der Waals surface area contributed by atoms with Gasteiger partial charge in [-0.3, -0.25) is 9.59 Å². The zero-order chi connectivity index (χ0) is 69.0. The summed E-state index contributed by atoms with van der Waals surface area (Å²) >= 11 is 0. The predicted octanol–water partition coefficient (Wildman–Crippen LogP) is 25.7. The molecule has 2 atom stereocenters. The fourth-order valence-corrected chi connectivity index (χ4v) is 12.9. The lowest BCUT2D eigenvalue weighted by atomic mass is 10.0. The predicted molar refractivity (Wildman–Crippen MR) is 408 cm³/mol. The first kappa shape index (κ1) is 92.5. The largest absolute Gasteiger partial charge is 0.545 e. The Bertz CT molecular complexity index is 1650. The topological polar surface area (TPSA) is 111 Å². The molecule has 560 valence electrons. The lowest BCUT2D eigenvalue weighted by Gasteiger charge is -2.26. The van der Waals surface area contributed by atoms with E-state index >= 15 is 0 Å². The van der Waals surface area contributed by atoms with Crippen molar-refractivity contribution in [3.8, 4) is 0 Å². The molecule has 0 fully saturated rings. The minimum Gasteiger partial charge on any atom is -0.545 e. The van der Waals surface area contributed by atoms with Gasteiger partial charge in [0.05, 0.1) is 40.3 Å². The number of nitrogens with zero attached hydrogens (tertiary/aromatic N) is 1. The summed E-state index contributed by atoms with van der Waals surface area (Å²) in [4.78, 5) is 37.6. The fraction of sp³-hybridized carbons (Fsp3) is 0.895. The molecule has 9 heteroatoms. The van der Waals surface area contributed by atoms with Crippen LogP contribution in [0.15, 0.2) is 36.5 Å². The van der Waals surface area contributed by atoms with Crippen LogP contribution in [0.25, 0.3) is 0 Å². The molecular weight excluding hydrogens is 1170 g/mol. The Labute approximate surface area is 591 Å². The summed E-state index contributed by atoms with van der Waals surface area (Å²) in [6.45, 7) is 4.82. The van der Waals surface area contributed by atoms with Crippen LogP contribution in [0.5, 0.6) is 0 Å². The molecule has 0 saturated carbocycles. The van der Waals surface area contributed by atoms with Crippen molar-refractivity contribution in [1.29, 1.82) is 0 Å². The molecule has 0 aromatic carbocycles.